The lowest BCUT2D eigenvalue weighted by molar-refractivity contribution is -0.152. The molecule has 0 aliphatic rings. The first-order valence-electron chi connectivity index (χ1n) is 4.31. The number of carbonyl (C=O) groups is 4. The summed E-state index contributed by atoms with van der Waals surface area (Å²) in [5, 5.41) is 24.1. The fraction of sp³-hybridized carbons (Fsp3) is 0.429. The van der Waals surface area contributed by atoms with Crippen LogP contribution in [-0.4, -0.2) is 61.8 Å². The summed E-state index contributed by atoms with van der Waals surface area (Å²) in [6.07, 6.45) is -2.31. The molecule has 0 spiro atoms. The molecule has 0 heterocycles. The molecule has 0 saturated carbocycles. The van der Waals surface area contributed by atoms with Crippen molar-refractivity contribution in [3.8, 4) is 0 Å². The number of carboxylic acid groups (broad SMARTS) is 2. The monoisotopic (exact) mass is 302 g/mol. The maximum atomic E-state index is 9.97. The highest BCUT2D eigenvalue weighted by Gasteiger charge is 2.16. The molecule has 19 heavy (non-hydrogen) atoms. The molecule has 0 saturated heterocycles. The third-order valence-electron chi connectivity index (χ3n) is 1.12. The van der Waals surface area contributed by atoms with Crippen LogP contribution in [0.4, 0.5) is 0 Å². The number of phosphoric acid groups is 1. The summed E-state index contributed by atoms with van der Waals surface area (Å²) in [5.74, 6) is -4.44. The normalized spacial score (nSPS) is 11.7. The number of aldehydes is 1. The number of rotatable bonds is 7. The van der Waals surface area contributed by atoms with Gasteiger partial charge in [0.25, 0.3) is 5.78 Å². The Morgan fingerprint density at radius 2 is 1.68 bits per heavy atom. The molecule has 0 aromatic heterocycles. The highest BCUT2D eigenvalue weighted by Crippen LogP contribution is 2.35. The second kappa shape index (κ2) is 9.30. The van der Waals surface area contributed by atoms with Crippen LogP contribution in [0.15, 0.2) is 0 Å². The van der Waals surface area contributed by atoms with E-state index in [0.717, 1.165) is 0 Å². The quantitative estimate of drug-likeness (QED) is 0.148. The molecule has 11 nitrogen and oxygen atoms in total. The van der Waals surface area contributed by atoms with Gasteiger partial charge in [-0.1, -0.05) is 0 Å². The molecule has 0 fully saturated rings. The SMILES string of the molecule is O=C(O)CC(=O)C(=O)O.O=C[C@H](O)COP(=O)(O)O. The number of Topliss-reactive ketones (excluding diaryl/α,β-unsaturated/α-hetero) is 1. The van der Waals surface area contributed by atoms with Crippen LogP contribution in [0.1, 0.15) is 6.42 Å². The van der Waals surface area contributed by atoms with E-state index in [1.807, 2.05) is 0 Å². The molecule has 0 bridgehead atoms. The second-order valence-electron chi connectivity index (χ2n) is 2.79. The summed E-state index contributed by atoms with van der Waals surface area (Å²) in [4.78, 5) is 54.9. The zero-order valence-electron chi connectivity index (χ0n) is 9.20. The standard InChI is InChI=1S/C4H4O5.C3H7O6P/c5-2(4(8)9)1-3(6)7;4-1-3(5)2-9-10(6,7)8/h1H2,(H,6,7)(H,8,9);1,3,5H,2H2,(H2,6,7,8)/t;3-/m.0/s1. The van der Waals surface area contributed by atoms with Gasteiger partial charge in [-0.05, 0) is 0 Å². The Bertz CT molecular complexity index is 383. The van der Waals surface area contributed by atoms with Crippen molar-refractivity contribution in [2.75, 3.05) is 6.61 Å². The molecule has 0 unspecified atom stereocenters. The smallest absolute Gasteiger partial charge is 0.469 e. The average molecular weight is 302 g/mol. The molecule has 12 heteroatoms. The van der Waals surface area contributed by atoms with E-state index in [-0.39, 0.29) is 6.29 Å². The van der Waals surface area contributed by atoms with Gasteiger partial charge in [-0.15, -0.1) is 0 Å². The number of carboxylic acids is 2. The van der Waals surface area contributed by atoms with Crippen LogP contribution in [-0.2, 0) is 28.3 Å². The number of aliphatic hydroxyl groups is 1. The van der Waals surface area contributed by atoms with Crippen molar-refractivity contribution in [3.63, 3.8) is 0 Å². The highest BCUT2D eigenvalue weighted by molar-refractivity contribution is 7.46. The van der Waals surface area contributed by atoms with Crippen LogP contribution in [0.2, 0.25) is 0 Å². The molecular formula is C7H11O11P. The molecule has 110 valence electrons. The van der Waals surface area contributed by atoms with Crippen molar-refractivity contribution in [1.29, 1.82) is 0 Å². The molecule has 1 atom stereocenters. The van der Waals surface area contributed by atoms with Crippen LogP contribution in [0.3, 0.4) is 0 Å². The third-order valence-corrected chi connectivity index (χ3v) is 1.61. The second-order valence-corrected chi connectivity index (χ2v) is 4.03. The van der Waals surface area contributed by atoms with Gasteiger partial charge >= 0.3 is 19.8 Å². The van der Waals surface area contributed by atoms with Crippen molar-refractivity contribution in [2.45, 2.75) is 12.5 Å². The van der Waals surface area contributed by atoms with E-state index < -0.39 is 44.7 Å². The molecule has 0 rings (SSSR count). The molecule has 5 N–H and O–H groups in total. The lowest BCUT2D eigenvalue weighted by atomic mass is 10.3. The van der Waals surface area contributed by atoms with Gasteiger partial charge in [0.1, 0.15) is 12.5 Å². The van der Waals surface area contributed by atoms with Crippen molar-refractivity contribution in [3.05, 3.63) is 0 Å². The average Bonchev–Trinajstić information content (AvgIpc) is 2.24. The first-order valence-corrected chi connectivity index (χ1v) is 5.84. The minimum absolute atomic E-state index is 0.121. The molecule has 0 aliphatic heterocycles. The summed E-state index contributed by atoms with van der Waals surface area (Å²) in [7, 11) is -4.55. The largest absolute Gasteiger partial charge is 0.481 e. The van der Waals surface area contributed by atoms with Crippen molar-refractivity contribution in [1.82, 2.24) is 0 Å². The lowest BCUT2D eigenvalue weighted by Crippen LogP contribution is -2.16. The molecule has 0 aromatic rings. The van der Waals surface area contributed by atoms with Crippen molar-refractivity contribution < 1.29 is 53.4 Å². The van der Waals surface area contributed by atoms with E-state index in [9.17, 15) is 23.7 Å². The Labute approximate surface area is 105 Å². The fourth-order valence-electron chi connectivity index (χ4n) is 0.426. The number of phosphoric ester groups is 1. The van der Waals surface area contributed by atoms with E-state index in [4.69, 9.17) is 25.1 Å². The van der Waals surface area contributed by atoms with E-state index in [2.05, 4.69) is 4.52 Å². The van der Waals surface area contributed by atoms with E-state index >= 15 is 0 Å². The minimum Gasteiger partial charge on any atom is -0.481 e. The van der Waals surface area contributed by atoms with E-state index in [1.54, 1.807) is 0 Å². The number of hydrogen-bond donors (Lipinski definition) is 5. The Morgan fingerprint density at radius 3 is 1.89 bits per heavy atom. The predicted octanol–water partition coefficient (Wildman–Crippen LogP) is -2.23. The minimum atomic E-state index is -4.55. The molecule has 0 amide bonds. The van der Waals surface area contributed by atoms with Crippen LogP contribution in [0, 0.1) is 0 Å². The fourth-order valence-corrected chi connectivity index (χ4v) is 0.773. The lowest BCUT2D eigenvalue weighted by Gasteiger charge is -2.04. The van der Waals surface area contributed by atoms with E-state index in [1.165, 1.54) is 0 Å². The summed E-state index contributed by atoms with van der Waals surface area (Å²) in [6, 6.07) is 0. The number of ketones is 1. The van der Waals surface area contributed by atoms with Gasteiger partial charge in [0.2, 0.25) is 0 Å². The molecule has 0 aromatic carbocycles. The highest BCUT2D eigenvalue weighted by atomic mass is 31.2. The van der Waals surface area contributed by atoms with Crippen LogP contribution >= 0.6 is 7.82 Å². The molecule has 0 aliphatic carbocycles. The maximum Gasteiger partial charge on any atom is 0.469 e. The van der Waals surface area contributed by atoms with Gasteiger partial charge in [-0.25, -0.2) is 9.36 Å². The van der Waals surface area contributed by atoms with Gasteiger partial charge in [0.05, 0.1) is 6.61 Å². The molecular weight excluding hydrogens is 291 g/mol. The van der Waals surface area contributed by atoms with Crippen LogP contribution < -0.4 is 0 Å². The number of carbonyl (C=O) groups excluding carboxylic acids is 2. The van der Waals surface area contributed by atoms with Crippen molar-refractivity contribution >= 4 is 31.8 Å². The first kappa shape index (κ1) is 19.7. The summed E-state index contributed by atoms with van der Waals surface area (Å²) < 4.78 is 13.7. The topological polar surface area (TPSA) is 196 Å². The Morgan fingerprint density at radius 1 is 1.21 bits per heavy atom. The number of aliphatic hydroxyl groups excluding tert-OH is 1. The third kappa shape index (κ3) is 16.4. The predicted molar refractivity (Wildman–Crippen MR) is 55.0 cm³/mol. The Kier molecular flexibility index (Phi) is 9.64. The van der Waals surface area contributed by atoms with Crippen molar-refractivity contribution in [2.24, 2.45) is 0 Å². The summed E-state index contributed by atoms with van der Waals surface area (Å²) in [6.45, 7) is -0.687. The first-order chi connectivity index (χ1) is 8.49. The number of hydrogen-bond acceptors (Lipinski definition) is 7. The zero-order valence-corrected chi connectivity index (χ0v) is 10.1. The van der Waals surface area contributed by atoms with Crippen LogP contribution in [0.25, 0.3) is 0 Å². The maximum absolute atomic E-state index is 9.97. The van der Waals surface area contributed by atoms with Gasteiger partial charge in [-0.3, -0.25) is 14.1 Å². The Hall–Kier alpha value is -1.65. The zero-order chi connectivity index (χ0) is 15.6. The Balaban J connectivity index is 0. The van der Waals surface area contributed by atoms with Gasteiger partial charge in [0.15, 0.2) is 6.29 Å². The van der Waals surface area contributed by atoms with Gasteiger partial charge in [0, 0.05) is 0 Å². The molecule has 0 radical (unpaired) electrons. The van der Waals surface area contributed by atoms with Gasteiger partial charge < -0.3 is 29.9 Å². The van der Waals surface area contributed by atoms with E-state index in [0.29, 0.717) is 0 Å². The van der Waals surface area contributed by atoms with Crippen LogP contribution in [0.5, 0.6) is 0 Å². The summed E-state index contributed by atoms with van der Waals surface area (Å²) >= 11 is 0. The number of aliphatic carboxylic acids is 2. The summed E-state index contributed by atoms with van der Waals surface area (Å²) in [5.41, 5.74) is 0. The van der Waals surface area contributed by atoms with Gasteiger partial charge in [-0.2, -0.15) is 0 Å².